The predicted octanol–water partition coefficient (Wildman–Crippen LogP) is 1.74. The number of halogens is 1. The zero-order valence-electron chi connectivity index (χ0n) is 10.3. The quantitative estimate of drug-likeness (QED) is 0.893. The maximum Gasteiger partial charge on any atom is 0.243 e. The largest absolute Gasteiger partial charge is 0.379 e. The fourth-order valence-corrected chi connectivity index (χ4v) is 2.20. The number of rotatable bonds is 3. The molecule has 1 saturated heterocycles. The third-order valence-corrected chi connectivity index (χ3v) is 3.75. The van der Waals surface area contributed by atoms with E-state index in [2.05, 4.69) is 21.2 Å². The molecule has 1 fully saturated rings. The Balaban J connectivity index is 2.00. The highest BCUT2D eigenvalue weighted by molar-refractivity contribution is 9.10. The van der Waals surface area contributed by atoms with E-state index in [0.717, 1.165) is 10.0 Å². The van der Waals surface area contributed by atoms with E-state index in [1.807, 2.05) is 31.2 Å². The monoisotopic (exact) mass is 312 g/mol. The van der Waals surface area contributed by atoms with Crippen molar-refractivity contribution in [3.05, 3.63) is 34.3 Å². The van der Waals surface area contributed by atoms with Crippen molar-refractivity contribution in [2.24, 2.45) is 5.73 Å². The molecule has 0 aromatic heterocycles. The molecule has 18 heavy (non-hydrogen) atoms. The molecular weight excluding hydrogens is 296 g/mol. The molecule has 1 amide bonds. The van der Waals surface area contributed by atoms with Gasteiger partial charge < -0.3 is 15.8 Å². The van der Waals surface area contributed by atoms with E-state index in [4.69, 9.17) is 10.5 Å². The fourth-order valence-electron chi connectivity index (χ4n) is 1.93. The Bertz CT molecular complexity index is 427. The average molecular weight is 313 g/mol. The van der Waals surface area contributed by atoms with Crippen LogP contribution in [0, 0.1) is 0 Å². The van der Waals surface area contributed by atoms with E-state index in [0.29, 0.717) is 19.6 Å². The third kappa shape index (κ3) is 2.91. The first-order valence-electron chi connectivity index (χ1n) is 5.94. The van der Waals surface area contributed by atoms with Crippen LogP contribution in [-0.4, -0.2) is 24.7 Å². The van der Waals surface area contributed by atoms with Crippen LogP contribution in [0.4, 0.5) is 0 Å². The molecule has 1 aliphatic heterocycles. The molecule has 0 aliphatic carbocycles. The lowest BCUT2D eigenvalue weighted by molar-refractivity contribution is -0.127. The third-order valence-electron chi connectivity index (χ3n) is 3.22. The number of hydrogen-bond acceptors (Lipinski definition) is 3. The molecule has 2 atom stereocenters. The SMILES string of the molecule is C[C@@H](NC(=O)C1(N)CCOC1)c1ccc(Br)cc1. The van der Waals surface area contributed by atoms with Gasteiger partial charge in [0.2, 0.25) is 5.91 Å². The summed E-state index contributed by atoms with van der Waals surface area (Å²) in [5.74, 6) is -0.143. The summed E-state index contributed by atoms with van der Waals surface area (Å²) in [6, 6.07) is 7.79. The Morgan fingerprint density at radius 3 is 2.72 bits per heavy atom. The number of nitrogens with one attached hydrogen (secondary N) is 1. The molecule has 0 radical (unpaired) electrons. The molecule has 1 aromatic carbocycles. The number of nitrogens with two attached hydrogens (primary N) is 1. The summed E-state index contributed by atoms with van der Waals surface area (Å²) in [6.07, 6.45) is 0.575. The Morgan fingerprint density at radius 1 is 1.50 bits per heavy atom. The summed E-state index contributed by atoms with van der Waals surface area (Å²) >= 11 is 3.38. The molecule has 4 nitrogen and oxygen atoms in total. The minimum absolute atomic E-state index is 0.0633. The number of benzene rings is 1. The van der Waals surface area contributed by atoms with Crippen molar-refractivity contribution < 1.29 is 9.53 Å². The average Bonchev–Trinajstić information content (AvgIpc) is 2.78. The van der Waals surface area contributed by atoms with Gasteiger partial charge in [-0.2, -0.15) is 0 Å². The molecule has 98 valence electrons. The molecule has 1 unspecified atom stereocenters. The zero-order valence-corrected chi connectivity index (χ0v) is 11.9. The van der Waals surface area contributed by atoms with Crippen LogP contribution in [0.1, 0.15) is 24.9 Å². The highest BCUT2D eigenvalue weighted by Crippen LogP contribution is 2.20. The molecule has 5 heteroatoms. The first-order valence-corrected chi connectivity index (χ1v) is 6.74. The van der Waals surface area contributed by atoms with Crippen molar-refractivity contribution in [3.63, 3.8) is 0 Å². The molecule has 1 aromatic rings. The Labute approximate surface area is 115 Å². The second-order valence-electron chi connectivity index (χ2n) is 4.71. The summed E-state index contributed by atoms with van der Waals surface area (Å²) in [5.41, 5.74) is 6.19. The van der Waals surface area contributed by atoms with Gasteiger partial charge in [0.25, 0.3) is 0 Å². The number of ether oxygens (including phenoxy) is 1. The highest BCUT2D eigenvalue weighted by Gasteiger charge is 2.38. The van der Waals surface area contributed by atoms with Crippen LogP contribution >= 0.6 is 15.9 Å². The predicted molar refractivity (Wildman–Crippen MR) is 73.1 cm³/mol. The second-order valence-corrected chi connectivity index (χ2v) is 5.62. The van der Waals surface area contributed by atoms with Gasteiger partial charge in [-0.1, -0.05) is 28.1 Å². The van der Waals surface area contributed by atoms with Crippen LogP contribution in [0.2, 0.25) is 0 Å². The number of carbonyl (C=O) groups is 1. The van der Waals surface area contributed by atoms with Gasteiger partial charge >= 0.3 is 0 Å². The molecule has 0 saturated carbocycles. The Morgan fingerprint density at radius 2 is 2.17 bits per heavy atom. The standard InChI is InChI=1S/C13H17BrN2O2/c1-9(10-2-4-11(14)5-3-10)16-12(17)13(15)6-7-18-8-13/h2-5,9H,6-8,15H2,1H3,(H,16,17)/t9-,13?/m1/s1. The van der Waals surface area contributed by atoms with Crippen LogP contribution in [0.3, 0.4) is 0 Å². The van der Waals surface area contributed by atoms with Crippen LogP contribution in [0.5, 0.6) is 0 Å². The Hall–Kier alpha value is -0.910. The van der Waals surface area contributed by atoms with E-state index < -0.39 is 5.54 Å². The first kappa shape index (κ1) is 13.5. The van der Waals surface area contributed by atoms with Gasteiger partial charge in [-0.15, -0.1) is 0 Å². The number of amides is 1. The highest BCUT2D eigenvalue weighted by atomic mass is 79.9. The molecule has 0 bridgehead atoms. The molecular formula is C13H17BrN2O2. The minimum Gasteiger partial charge on any atom is -0.379 e. The second kappa shape index (κ2) is 5.38. The van der Waals surface area contributed by atoms with Crippen molar-refractivity contribution in [1.82, 2.24) is 5.32 Å². The summed E-state index contributed by atoms with van der Waals surface area (Å²) < 4.78 is 6.21. The van der Waals surface area contributed by atoms with Crippen molar-refractivity contribution in [2.75, 3.05) is 13.2 Å². The maximum atomic E-state index is 12.1. The lowest BCUT2D eigenvalue weighted by Gasteiger charge is -2.24. The van der Waals surface area contributed by atoms with E-state index in [1.165, 1.54) is 0 Å². The van der Waals surface area contributed by atoms with Gasteiger partial charge in [0, 0.05) is 11.1 Å². The van der Waals surface area contributed by atoms with Crippen molar-refractivity contribution in [1.29, 1.82) is 0 Å². The summed E-state index contributed by atoms with van der Waals surface area (Å²) in [7, 11) is 0. The van der Waals surface area contributed by atoms with Crippen molar-refractivity contribution in [2.45, 2.75) is 24.9 Å². The van der Waals surface area contributed by atoms with E-state index >= 15 is 0 Å². The van der Waals surface area contributed by atoms with Crippen LogP contribution in [-0.2, 0) is 9.53 Å². The smallest absolute Gasteiger partial charge is 0.243 e. The maximum absolute atomic E-state index is 12.1. The fraction of sp³-hybridized carbons (Fsp3) is 0.462. The van der Waals surface area contributed by atoms with Crippen molar-refractivity contribution >= 4 is 21.8 Å². The topological polar surface area (TPSA) is 64.4 Å². The van der Waals surface area contributed by atoms with Gasteiger partial charge in [0.15, 0.2) is 0 Å². The van der Waals surface area contributed by atoms with E-state index in [9.17, 15) is 4.79 Å². The van der Waals surface area contributed by atoms with Gasteiger partial charge in [-0.25, -0.2) is 0 Å². The van der Waals surface area contributed by atoms with Gasteiger partial charge in [0.1, 0.15) is 5.54 Å². The van der Waals surface area contributed by atoms with Gasteiger partial charge in [-0.3, -0.25) is 4.79 Å². The first-order chi connectivity index (χ1) is 8.51. The van der Waals surface area contributed by atoms with E-state index in [-0.39, 0.29) is 11.9 Å². The molecule has 1 heterocycles. The number of hydrogen-bond donors (Lipinski definition) is 2. The Kier molecular flexibility index (Phi) is 4.04. The minimum atomic E-state index is -0.871. The van der Waals surface area contributed by atoms with Crippen LogP contribution in [0.15, 0.2) is 28.7 Å². The normalized spacial score (nSPS) is 24.8. The van der Waals surface area contributed by atoms with E-state index in [1.54, 1.807) is 0 Å². The van der Waals surface area contributed by atoms with Gasteiger partial charge in [-0.05, 0) is 31.0 Å². The summed E-state index contributed by atoms with van der Waals surface area (Å²) in [5, 5.41) is 2.94. The number of carbonyl (C=O) groups excluding carboxylic acids is 1. The lowest BCUT2D eigenvalue weighted by Crippen LogP contribution is -2.54. The lowest BCUT2D eigenvalue weighted by atomic mass is 9.98. The molecule has 2 rings (SSSR count). The zero-order chi connectivity index (χ0) is 13.2. The van der Waals surface area contributed by atoms with Crippen LogP contribution < -0.4 is 11.1 Å². The molecule has 3 N–H and O–H groups in total. The summed E-state index contributed by atoms with van der Waals surface area (Å²) in [4.78, 5) is 12.1. The summed E-state index contributed by atoms with van der Waals surface area (Å²) in [6.45, 7) is 2.79. The molecule has 1 aliphatic rings. The molecule has 0 spiro atoms. The van der Waals surface area contributed by atoms with Crippen LogP contribution in [0.25, 0.3) is 0 Å². The van der Waals surface area contributed by atoms with Gasteiger partial charge in [0.05, 0.1) is 12.6 Å². The van der Waals surface area contributed by atoms with Crippen molar-refractivity contribution in [3.8, 4) is 0 Å².